The number of amides is 1. The van der Waals surface area contributed by atoms with Crippen molar-refractivity contribution in [3.8, 4) is 0 Å². The van der Waals surface area contributed by atoms with Gasteiger partial charge in [-0.15, -0.1) is 0 Å². The van der Waals surface area contributed by atoms with Gasteiger partial charge >= 0.3 is 12.1 Å². The van der Waals surface area contributed by atoms with Crippen molar-refractivity contribution in [1.29, 1.82) is 0 Å². The molecule has 0 saturated carbocycles. The van der Waals surface area contributed by atoms with Gasteiger partial charge in [0.1, 0.15) is 0 Å². The van der Waals surface area contributed by atoms with Crippen molar-refractivity contribution in [2.75, 3.05) is 12.4 Å². The Morgan fingerprint density at radius 1 is 1.00 bits per heavy atom. The number of carbonyl (C=O) groups excluding carboxylic acids is 2. The second-order valence-electron chi connectivity index (χ2n) is 8.22. The van der Waals surface area contributed by atoms with Gasteiger partial charge in [-0.05, 0) is 47.2 Å². The predicted molar refractivity (Wildman–Crippen MR) is 124 cm³/mol. The maximum Gasteiger partial charge on any atom is 0.392 e. The van der Waals surface area contributed by atoms with Crippen molar-refractivity contribution in [3.63, 3.8) is 0 Å². The van der Waals surface area contributed by atoms with Crippen LogP contribution < -0.4 is 5.32 Å². The van der Waals surface area contributed by atoms with E-state index in [0.717, 1.165) is 6.92 Å². The molecule has 1 amide bonds. The average Bonchev–Trinajstić information content (AvgIpc) is 2.74. The van der Waals surface area contributed by atoms with Crippen LogP contribution in [-0.2, 0) is 14.3 Å². The number of halogens is 5. The Hall–Kier alpha value is -2.25. The topological polar surface area (TPSA) is 55.4 Å². The van der Waals surface area contributed by atoms with E-state index in [2.05, 4.69) is 5.32 Å². The fourth-order valence-corrected chi connectivity index (χ4v) is 3.90. The molecule has 2 aromatic carbocycles. The van der Waals surface area contributed by atoms with E-state index in [-0.39, 0.29) is 34.5 Å². The van der Waals surface area contributed by atoms with Crippen LogP contribution in [0.1, 0.15) is 50.2 Å². The van der Waals surface area contributed by atoms with E-state index in [4.69, 9.17) is 27.9 Å². The Balaban J connectivity index is 2.41. The van der Waals surface area contributed by atoms with E-state index >= 15 is 0 Å². The summed E-state index contributed by atoms with van der Waals surface area (Å²) in [6.45, 7) is 4.83. The maximum absolute atomic E-state index is 13.6. The van der Waals surface area contributed by atoms with Gasteiger partial charge in [0.25, 0.3) is 0 Å². The van der Waals surface area contributed by atoms with Crippen molar-refractivity contribution in [2.24, 2.45) is 11.8 Å². The molecule has 1 unspecified atom stereocenters. The monoisotopic (exact) mass is 503 g/mol. The predicted octanol–water partition coefficient (Wildman–Crippen LogP) is 7.22. The van der Waals surface area contributed by atoms with Crippen LogP contribution in [0.3, 0.4) is 0 Å². The number of nitrogens with one attached hydrogen (secondary N) is 1. The summed E-state index contributed by atoms with van der Waals surface area (Å²) in [7, 11) is 1.30. The molecule has 2 rings (SSSR count). The van der Waals surface area contributed by atoms with Gasteiger partial charge in [0, 0.05) is 5.02 Å². The van der Waals surface area contributed by atoms with E-state index < -0.39 is 29.9 Å². The fourth-order valence-electron chi connectivity index (χ4n) is 3.61. The molecule has 0 bridgehead atoms. The number of benzene rings is 2. The fraction of sp³-hybridized carbons (Fsp3) is 0.417. The van der Waals surface area contributed by atoms with E-state index in [1.54, 1.807) is 18.2 Å². The minimum atomic E-state index is -4.60. The SMILES string of the molecule is COC(=O)CC(c1ccc(Cl)c(NC(=O)[C@H](c2ccc(Cl)cc2)[C@@H](C)C(F)(F)F)c1)C(C)C. The summed E-state index contributed by atoms with van der Waals surface area (Å²) in [5, 5.41) is 3.07. The maximum atomic E-state index is 13.6. The number of ether oxygens (including phenoxy) is 1. The minimum absolute atomic E-state index is 0.0564. The Morgan fingerprint density at radius 3 is 2.09 bits per heavy atom. The number of hydrogen-bond acceptors (Lipinski definition) is 3. The lowest BCUT2D eigenvalue weighted by molar-refractivity contribution is -0.178. The van der Waals surface area contributed by atoms with Gasteiger partial charge in [0.05, 0.1) is 36.1 Å². The first-order chi connectivity index (χ1) is 15.3. The molecule has 0 aliphatic heterocycles. The summed E-state index contributed by atoms with van der Waals surface area (Å²) in [5.74, 6) is -4.89. The summed E-state index contributed by atoms with van der Waals surface area (Å²) in [4.78, 5) is 24.9. The Bertz CT molecular complexity index is 978. The first-order valence-electron chi connectivity index (χ1n) is 10.3. The van der Waals surface area contributed by atoms with E-state index in [1.807, 2.05) is 13.8 Å². The highest BCUT2D eigenvalue weighted by Crippen LogP contribution is 2.39. The normalized spacial score (nSPS) is 14.5. The Morgan fingerprint density at radius 2 is 1.58 bits per heavy atom. The number of hydrogen-bond donors (Lipinski definition) is 1. The number of anilines is 1. The molecule has 0 aliphatic carbocycles. The molecule has 0 radical (unpaired) electrons. The highest BCUT2D eigenvalue weighted by molar-refractivity contribution is 6.33. The van der Waals surface area contributed by atoms with E-state index in [1.165, 1.54) is 31.4 Å². The van der Waals surface area contributed by atoms with Crippen molar-refractivity contribution < 1.29 is 27.5 Å². The lowest BCUT2D eigenvalue weighted by Crippen LogP contribution is -2.34. The number of rotatable bonds is 8. The van der Waals surface area contributed by atoms with Crippen LogP contribution in [0.5, 0.6) is 0 Å². The van der Waals surface area contributed by atoms with Crippen LogP contribution in [0.15, 0.2) is 42.5 Å². The third kappa shape index (κ3) is 7.11. The summed E-state index contributed by atoms with van der Waals surface area (Å²) in [6.07, 6.45) is -4.49. The van der Waals surface area contributed by atoms with Crippen LogP contribution in [0, 0.1) is 11.8 Å². The molecule has 0 saturated heterocycles. The van der Waals surface area contributed by atoms with Gasteiger partial charge in [-0.3, -0.25) is 9.59 Å². The van der Waals surface area contributed by atoms with Gasteiger partial charge in [-0.1, -0.05) is 62.2 Å². The highest BCUT2D eigenvalue weighted by Gasteiger charge is 2.45. The van der Waals surface area contributed by atoms with Gasteiger partial charge in [-0.2, -0.15) is 13.2 Å². The zero-order valence-electron chi connectivity index (χ0n) is 18.7. The number of alkyl halides is 3. The van der Waals surface area contributed by atoms with Gasteiger partial charge in [-0.25, -0.2) is 0 Å². The zero-order valence-corrected chi connectivity index (χ0v) is 20.2. The average molecular weight is 504 g/mol. The molecule has 3 atom stereocenters. The van der Waals surface area contributed by atoms with Crippen LogP contribution in [0.4, 0.5) is 18.9 Å². The van der Waals surface area contributed by atoms with Crippen LogP contribution >= 0.6 is 23.2 Å². The van der Waals surface area contributed by atoms with E-state index in [9.17, 15) is 22.8 Å². The lowest BCUT2D eigenvalue weighted by atomic mass is 9.85. The number of esters is 1. The molecule has 2 aromatic rings. The first kappa shape index (κ1) is 27.0. The molecular formula is C24H26Cl2F3NO3. The summed E-state index contributed by atoms with van der Waals surface area (Å²) in [6, 6.07) is 10.5. The molecule has 1 N–H and O–H groups in total. The van der Waals surface area contributed by atoms with Gasteiger partial charge < -0.3 is 10.1 Å². The Kier molecular flexibility index (Phi) is 9.20. The Labute approximate surface area is 201 Å². The molecule has 33 heavy (non-hydrogen) atoms. The molecule has 0 heterocycles. The molecule has 0 aromatic heterocycles. The molecule has 0 fully saturated rings. The molecule has 9 heteroatoms. The second-order valence-corrected chi connectivity index (χ2v) is 9.06. The second kappa shape index (κ2) is 11.3. The summed E-state index contributed by atoms with van der Waals surface area (Å²) in [5.41, 5.74) is 1.06. The number of methoxy groups -OCH3 is 1. The lowest BCUT2D eigenvalue weighted by Gasteiger charge is -2.26. The quantitative estimate of drug-likeness (QED) is 0.387. The molecule has 180 valence electrons. The van der Waals surface area contributed by atoms with Crippen LogP contribution in [0.2, 0.25) is 10.0 Å². The molecule has 0 spiro atoms. The molecule has 0 aliphatic rings. The van der Waals surface area contributed by atoms with Crippen LogP contribution in [-0.4, -0.2) is 25.2 Å². The third-order valence-corrected chi connectivity index (χ3v) is 6.20. The molecular weight excluding hydrogens is 478 g/mol. The van der Waals surface area contributed by atoms with Gasteiger partial charge in [0.15, 0.2) is 0 Å². The third-order valence-electron chi connectivity index (χ3n) is 5.62. The minimum Gasteiger partial charge on any atom is -0.469 e. The summed E-state index contributed by atoms with van der Waals surface area (Å²) >= 11 is 12.1. The van der Waals surface area contributed by atoms with Crippen molar-refractivity contribution in [1.82, 2.24) is 0 Å². The number of carbonyl (C=O) groups is 2. The van der Waals surface area contributed by atoms with Gasteiger partial charge in [0.2, 0.25) is 5.91 Å². The van der Waals surface area contributed by atoms with Crippen LogP contribution in [0.25, 0.3) is 0 Å². The smallest absolute Gasteiger partial charge is 0.392 e. The highest BCUT2D eigenvalue weighted by atomic mass is 35.5. The molecule has 4 nitrogen and oxygen atoms in total. The van der Waals surface area contributed by atoms with Crippen molar-refractivity contribution in [2.45, 2.75) is 45.2 Å². The first-order valence-corrected chi connectivity index (χ1v) is 11.1. The van der Waals surface area contributed by atoms with E-state index in [0.29, 0.717) is 10.6 Å². The van der Waals surface area contributed by atoms with Crippen molar-refractivity contribution in [3.05, 3.63) is 63.6 Å². The summed E-state index contributed by atoms with van der Waals surface area (Å²) < 4.78 is 45.5. The largest absolute Gasteiger partial charge is 0.469 e. The standard InChI is InChI=1S/C24H26Cl2F3NO3/c1-13(2)18(12-21(31)33-4)16-7-10-19(26)20(11-16)30-23(32)22(14(3)24(27,28)29)15-5-8-17(25)9-6-15/h5-11,13-14,18,22H,12H2,1-4H3,(H,30,32)/t14-,18?,22+/m1/s1. The van der Waals surface area contributed by atoms with Crippen molar-refractivity contribution >= 4 is 40.8 Å². The zero-order chi connectivity index (χ0) is 24.9.